The average molecular weight is 300 g/mol. The zero-order valence-electron chi connectivity index (χ0n) is 13.0. The van der Waals surface area contributed by atoms with Crippen LogP contribution >= 0.6 is 0 Å². The summed E-state index contributed by atoms with van der Waals surface area (Å²) in [7, 11) is 0. The van der Waals surface area contributed by atoms with E-state index in [4.69, 9.17) is 19.3 Å². The van der Waals surface area contributed by atoms with Crippen molar-refractivity contribution < 1.29 is 28.9 Å². The minimum Gasteiger partial charge on any atom is -0.481 e. The fraction of sp³-hybridized carbons (Fsp3) is 0.600. The van der Waals surface area contributed by atoms with Crippen molar-refractivity contribution in [3.05, 3.63) is 24.5 Å². The van der Waals surface area contributed by atoms with E-state index in [0.29, 0.717) is 0 Å². The molecule has 0 radical (unpaired) electrons. The van der Waals surface area contributed by atoms with Gasteiger partial charge < -0.3 is 19.3 Å². The van der Waals surface area contributed by atoms with Gasteiger partial charge >= 0.3 is 11.9 Å². The summed E-state index contributed by atoms with van der Waals surface area (Å²) in [6.07, 6.45) is 1.78. The Kier molecular flexibility index (Phi) is 9.12. The summed E-state index contributed by atoms with van der Waals surface area (Å²) in [5, 5.41) is 9.01. The second-order valence-corrected chi connectivity index (χ2v) is 5.00. The van der Waals surface area contributed by atoms with Gasteiger partial charge in [0.15, 0.2) is 0 Å². The van der Waals surface area contributed by atoms with Crippen molar-refractivity contribution in [1.29, 1.82) is 0 Å². The number of hydrogen-bond acceptors (Lipinski definition) is 5. The Balaban J connectivity index is 4.14. The maximum Gasteiger partial charge on any atom is 0.370 e. The molecule has 2 atom stereocenters. The van der Waals surface area contributed by atoms with Gasteiger partial charge in [-0.15, -0.1) is 0 Å². The van der Waals surface area contributed by atoms with Crippen molar-refractivity contribution in [2.45, 2.75) is 39.9 Å². The summed E-state index contributed by atoms with van der Waals surface area (Å²) in [4.78, 5) is 22.0. The average Bonchev–Trinajstić information content (AvgIpc) is 2.36. The first-order chi connectivity index (χ1) is 9.76. The quantitative estimate of drug-likeness (QED) is 0.378. The van der Waals surface area contributed by atoms with Crippen LogP contribution in [0.3, 0.4) is 0 Å². The summed E-state index contributed by atoms with van der Waals surface area (Å²) >= 11 is 0. The maximum absolute atomic E-state index is 11.0. The van der Waals surface area contributed by atoms with Crippen molar-refractivity contribution in [3.8, 4) is 0 Å². The molecule has 0 aliphatic carbocycles. The second-order valence-electron chi connectivity index (χ2n) is 5.00. The molecule has 6 heteroatoms. The van der Waals surface area contributed by atoms with Gasteiger partial charge in [-0.2, -0.15) is 0 Å². The number of carbonyl (C=O) groups excluding carboxylic acids is 1. The van der Waals surface area contributed by atoms with Crippen molar-refractivity contribution >= 4 is 11.9 Å². The molecular formula is C15H24O6. The first-order valence-corrected chi connectivity index (χ1v) is 6.78. The Hall–Kier alpha value is -1.82. The van der Waals surface area contributed by atoms with Crippen LogP contribution in [0.2, 0.25) is 0 Å². The lowest BCUT2D eigenvalue weighted by Gasteiger charge is -2.17. The van der Waals surface area contributed by atoms with E-state index in [-0.39, 0.29) is 24.9 Å². The highest BCUT2D eigenvalue weighted by Gasteiger charge is 2.15. The zero-order valence-corrected chi connectivity index (χ0v) is 13.0. The van der Waals surface area contributed by atoms with Crippen molar-refractivity contribution in [2.75, 3.05) is 13.2 Å². The molecular weight excluding hydrogens is 276 g/mol. The van der Waals surface area contributed by atoms with Crippen LogP contribution < -0.4 is 0 Å². The molecule has 0 aromatic rings. The van der Waals surface area contributed by atoms with E-state index >= 15 is 0 Å². The number of carboxylic acids is 1. The molecule has 0 heterocycles. The van der Waals surface area contributed by atoms with Crippen molar-refractivity contribution in [2.24, 2.45) is 5.92 Å². The van der Waals surface area contributed by atoms with Gasteiger partial charge in [0.05, 0.1) is 13.2 Å². The molecule has 2 unspecified atom stereocenters. The van der Waals surface area contributed by atoms with E-state index in [1.165, 1.54) is 6.08 Å². The monoisotopic (exact) mass is 300 g/mol. The van der Waals surface area contributed by atoms with E-state index in [1.807, 2.05) is 13.8 Å². The highest BCUT2D eigenvalue weighted by atomic mass is 16.6. The van der Waals surface area contributed by atoms with E-state index in [1.54, 1.807) is 13.8 Å². The molecule has 0 aromatic carbocycles. The van der Waals surface area contributed by atoms with Crippen LogP contribution in [0.25, 0.3) is 0 Å². The largest absolute Gasteiger partial charge is 0.481 e. The predicted molar refractivity (Wildman–Crippen MR) is 77.7 cm³/mol. The third-order valence-corrected chi connectivity index (χ3v) is 2.21. The number of ether oxygens (including phenoxy) is 3. The lowest BCUT2D eigenvalue weighted by Crippen LogP contribution is -2.24. The van der Waals surface area contributed by atoms with E-state index < -0.39 is 24.1 Å². The summed E-state index contributed by atoms with van der Waals surface area (Å²) in [5.74, 6) is -1.64. The number of carboxylic acid groups (broad SMARTS) is 1. The zero-order chi connectivity index (χ0) is 16.4. The third-order valence-electron chi connectivity index (χ3n) is 2.21. The Bertz CT molecular complexity index is 386. The first kappa shape index (κ1) is 19.2. The van der Waals surface area contributed by atoms with E-state index in [9.17, 15) is 9.59 Å². The molecule has 1 N–H and O–H groups in total. The van der Waals surface area contributed by atoms with Crippen LogP contribution in [-0.4, -0.2) is 42.5 Å². The van der Waals surface area contributed by atoms with E-state index in [2.05, 4.69) is 6.58 Å². The van der Waals surface area contributed by atoms with Gasteiger partial charge in [-0.1, -0.05) is 20.4 Å². The lowest BCUT2D eigenvalue weighted by atomic mass is 10.2. The topological polar surface area (TPSA) is 82.1 Å². The number of esters is 1. The normalized spacial score (nSPS) is 14.4. The molecule has 0 saturated carbocycles. The highest BCUT2D eigenvalue weighted by molar-refractivity contribution is 5.84. The maximum atomic E-state index is 11.0. The Labute approximate surface area is 125 Å². The molecule has 0 saturated heterocycles. The number of carbonyl (C=O) groups is 2. The summed E-state index contributed by atoms with van der Waals surface area (Å²) in [6.45, 7) is 10.8. The number of hydrogen-bond donors (Lipinski definition) is 1. The van der Waals surface area contributed by atoms with Gasteiger partial charge in [0.2, 0.25) is 5.76 Å². The SMILES string of the molecule is C=CC(=O)OC(C)COCC(C)OC(=CC(C)C)C(=O)O. The van der Waals surface area contributed by atoms with Crippen molar-refractivity contribution in [1.82, 2.24) is 0 Å². The predicted octanol–water partition coefficient (Wildman–Crippen LogP) is 2.15. The first-order valence-electron chi connectivity index (χ1n) is 6.78. The Morgan fingerprint density at radius 1 is 1.10 bits per heavy atom. The standard InChI is InChI=1S/C15H24O6/c1-6-14(16)21-12(5)9-19-8-11(4)20-13(15(17)18)7-10(2)3/h6-7,10-12H,1,8-9H2,2-5H3,(H,17,18). The second kappa shape index (κ2) is 9.99. The van der Waals surface area contributed by atoms with Crippen LogP contribution in [0, 0.1) is 5.92 Å². The molecule has 0 aliphatic heterocycles. The highest BCUT2D eigenvalue weighted by Crippen LogP contribution is 2.08. The molecule has 120 valence electrons. The van der Waals surface area contributed by atoms with Crippen LogP contribution in [0.4, 0.5) is 0 Å². The van der Waals surface area contributed by atoms with Crippen LogP contribution in [0.5, 0.6) is 0 Å². The molecule has 0 aliphatic rings. The van der Waals surface area contributed by atoms with Gasteiger partial charge in [0.1, 0.15) is 12.2 Å². The van der Waals surface area contributed by atoms with Gasteiger partial charge in [-0.3, -0.25) is 0 Å². The van der Waals surface area contributed by atoms with E-state index in [0.717, 1.165) is 6.08 Å². The summed E-state index contributed by atoms with van der Waals surface area (Å²) < 4.78 is 15.6. The molecule has 0 amide bonds. The summed E-state index contributed by atoms with van der Waals surface area (Å²) in [5.41, 5.74) is 0. The fourth-order valence-corrected chi connectivity index (χ4v) is 1.39. The van der Waals surface area contributed by atoms with Crippen LogP contribution in [0.1, 0.15) is 27.7 Å². The molecule has 0 bridgehead atoms. The molecule has 0 rings (SSSR count). The minimum absolute atomic E-state index is 0.0718. The Morgan fingerprint density at radius 3 is 2.05 bits per heavy atom. The number of aliphatic carboxylic acids is 1. The fourth-order valence-electron chi connectivity index (χ4n) is 1.39. The molecule has 6 nitrogen and oxygen atoms in total. The van der Waals surface area contributed by atoms with Gasteiger partial charge in [0, 0.05) is 6.08 Å². The van der Waals surface area contributed by atoms with Gasteiger partial charge in [0.25, 0.3) is 0 Å². The smallest absolute Gasteiger partial charge is 0.370 e. The minimum atomic E-state index is -1.11. The number of rotatable bonds is 10. The van der Waals surface area contributed by atoms with Gasteiger partial charge in [-0.05, 0) is 25.8 Å². The molecule has 0 spiro atoms. The number of allylic oxidation sites excluding steroid dienone is 1. The summed E-state index contributed by atoms with van der Waals surface area (Å²) in [6, 6.07) is 0. The molecule has 0 aromatic heterocycles. The Morgan fingerprint density at radius 2 is 1.62 bits per heavy atom. The molecule has 21 heavy (non-hydrogen) atoms. The lowest BCUT2D eigenvalue weighted by molar-refractivity contribution is -0.146. The van der Waals surface area contributed by atoms with Crippen LogP contribution in [-0.2, 0) is 23.8 Å². The van der Waals surface area contributed by atoms with Crippen LogP contribution in [0.15, 0.2) is 24.5 Å². The van der Waals surface area contributed by atoms with Gasteiger partial charge in [-0.25, -0.2) is 9.59 Å². The van der Waals surface area contributed by atoms with Crippen molar-refractivity contribution in [3.63, 3.8) is 0 Å². The molecule has 0 fully saturated rings. The third kappa shape index (κ3) is 9.67.